The fourth-order valence-corrected chi connectivity index (χ4v) is 2.27. The number of hydrogen-bond acceptors (Lipinski definition) is 1. The van der Waals surface area contributed by atoms with Gasteiger partial charge in [0.1, 0.15) is 0 Å². The molecule has 2 N–H and O–H groups in total. The molecule has 2 aromatic rings. The Morgan fingerprint density at radius 3 is 2.93 bits per heavy atom. The topological polar surface area (TPSA) is 27.8 Å². The van der Waals surface area contributed by atoms with E-state index in [0.29, 0.717) is 5.54 Å². The molecule has 1 heterocycles. The van der Waals surface area contributed by atoms with Gasteiger partial charge in [-0.15, -0.1) is 0 Å². The second kappa shape index (κ2) is 3.11. The van der Waals surface area contributed by atoms with E-state index in [2.05, 4.69) is 41.6 Å². The SMILES string of the molecule is CNC1(Cc2ccc3[nH]ccc3c2)CC1. The van der Waals surface area contributed by atoms with Crippen LogP contribution in [0.1, 0.15) is 18.4 Å². The van der Waals surface area contributed by atoms with E-state index in [1.807, 2.05) is 6.20 Å². The van der Waals surface area contributed by atoms with Crippen LogP contribution in [0.5, 0.6) is 0 Å². The molecule has 0 aliphatic heterocycles. The molecular weight excluding hydrogens is 184 g/mol. The number of rotatable bonds is 3. The summed E-state index contributed by atoms with van der Waals surface area (Å²) in [5.41, 5.74) is 3.08. The minimum atomic E-state index is 0.407. The highest BCUT2D eigenvalue weighted by Gasteiger charge is 2.40. The molecule has 2 heteroatoms. The number of hydrogen-bond donors (Lipinski definition) is 2. The molecule has 1 fully saturated rings. The quantitative estimate of drug-likeness (QED) is 0.782. The molecule has 0 amide bonds. The Hall–Kier alpha value is -1.28. The third-order valence-electron chi connectivity index (χ3n) is 3.54. The third-order valence-corrected chi connectivity index (χ3v) is 3.54. The maximum absolute atomic E-state index is 3.43. The fraction of sp³-hybridized carbons (Fsp3) is 0.385. The van der Waals surface area contributed by atoms with Gasteiger partial charge in [0.15, 0.2) is 0 Å². The van der Waals surface area contributed by atoms with Crippen LogP contribution in [0.3, 0.4) is 0 Å². The summed E-state index contributed by atoms with van der Waals surface area (Å²) in [7, 11) is 2.07. The van der Waals surface area contributed by atoms with Gasteiger partial charge in [-0.1, -0.05) is 6.07 Å². The molecular formula is C13H16N2. The van der Waals surface area contributed by atoms with Gasteiger partial charge in [-0.2, -0.15) is 0 Å². The summed E-state index contributed by atoms with van der Waals surface area (Å²) >= 11 is 0. The highest BCUT2D eigenvalue weighted by molar-refractivity contribution is 5.79. The highest BCUT2D eigenvalue weighted by Crippen LogP contribution is 2.38. The molecule has 78 valence electrons. The Kier molecular flexibility index (Phi) is 1.86. The average Bonchev–Trinajstić information content (AvgIpc) is 2.88. The number of benzene rings is 1. The van der Waals surface area contributed by atoms with Gasteiger partial charge in [-0.05, 0) is 55.5 Å². The van der Waals surface area contributed by atoms with Crippen LogP contribution in [-0.2, 0) is 6.42 Å². The number of likely N-dealkylation sites (N-methyl/N-ethyl adjacent to an activating group) is 1. The van der Waals surface area contributed by atoms with Gasteiger partial charge in [0.05, 0.1) is 0 Å². The number of H-pyrrole nitrogens is 1. The molecule has 0 radical (unpaired) electrons. The van der Waals surface area contributed by atoms with E-state index in [0.717, 1.165) is 6.42 Å². The summed E-state index contributed by atoms with van der Waals surface area (Å²) < 4.78 is 0. The normalized spacial score (nSPS) is 18.2. The molecule has 1 saturated carbocycles. The average molecular weight is 200 g/mol. The Labute approximate surface area is 89.7 Å². The summed E-state index contributed by atoms with van der Waals surface area (Å²) in [6.45, 7) is 0. The van der Waals surface area contributed by atoms with E-state index in [1.54, 1.807) is 0 Å². The van der Waals surface area contributed by atoms with Crippen molar-refractivity contribution in [2.45, 2.75) is 24.8 Å². The predicted octanol–water partition coefficient (Wildman–Crippen LogP) is 2.46. The van der Waals surface area contributed by atoms with Gasteiger partial charge in [-0.25, -0.2) is 0 Å². The summed E-state index contributed by atoms with van der Waals surface area (Å²) in [4.78, 5) is 3.22. The molecule has 1 aliphatic carbocycles. The maximum atomic E-state index is 3.43. The molecule has 0 spiro atoms. The van der Waals surface area contributed by atoms with Crippen molar-refractivity contribution in [1.82, 2.24) is 10.3 Å². The first kappa shape index (κ1) is 8.98. The van der Waals surface area contributed by atoms with Crippen LogP contribution in [0.15, 0.2) is 30.5 Å². The molecule has 1 aliphatic rings. The van der Waals surface area contributed by atoms with Gasteiger partial charge < -0.3 is 10.3 Å². The van der Waals surface area contributed by atoms with E-state index in [9.17, 15) is 0 Å². The van der Waals surface area contributed by atoms with Gasteiger partial charge in [-0.3, -0.25) is 0 Å². The van der Waals surface area contributed by atoms with Gasteiger partial charge >= 0.3 is 0 Å². The smallest absolute Gasteiger partial charge is 0.0454 e. The fourth-order valence-electron chi connectivity index (χ4n) is 2.27. The first-order valence-electron chi connectivity index (χ1n) is 5.56. The molecule has 0 bridgehead atoms. The molecule has 0 atom stereocenters. The minimum absolute atomic E-state index is 0.407. The zero-order valence-electron chi connectivity index (χ0n) is 9.01. The lowest BCUT2D eigenvalue weighted by atomic mass is 10.0. The Morgan fingerprint density at radius 2 is 2.20 bits per heavy atom. The van der Waals surface area contributed by atoms with E-state index in [-0.39, 0.29) is 0 Å². The molecule has 15 heavy (non-hydrogen) atoms. The standard InChI is InChI=1S/C13H16N2/c1-14-13(5-6-13)9-10-2-3-12-11(8-10)4-7-15-12/h2-4,7-8,14-15H,5-6,9H2,1H3. The number of nitrogens with one attached hydrogen (secondary N) is 2. The van der Waals surface area contributed by atoms with Crippen molar-refractivity contribution in [3.63, 3.8) is 0 Å². The summed E-state index contributed by atoms with van der Waals surface area (Å²) in [5.74, 6) is 0. The Morgan fingerprint density at radius 1 is 1.33 bits per heavy atom. The van der Waals surface area contributed by atoms with Crippen molar-refractivity contribution in [2.75, 3.05) is 7.05 Å². The Bertz CT molecular complexity index is 480. The van der Waals surface area contributed by atoms with Crippen LogP contribution >= 0.6 is 0 Å². The van der Waals surface area contributed by atoms with E-state index in [1.165, 1.54) is 29.3 Å². The van der Waals surface area contributed by atoms with Crippen LogP contribution in [0.25, 0.3) is 10.9 Å². The van der Waals surface area contributed by atoms with Gasteiger partial charge in [0.25, 0.3) is 0 Å². The van der Waals surface area contributed by atoms with Crippen molar-refractivity contribution in [1.29, 1.82) is 0 Å². The van der Waals surface area contributed by atoms with E-state index in [4.69, 9.17) is 0 Å². The van der Waals surface area contributed by atoms with Crippen molar-refractivity contribution in [3.8, 4) is 0 Å². The number of aromatic amines is 1. The lowest BCUT2D eigenvalue weighted by molar-refractivity contribution is 0.549. The molecule has 3 rings (SSSR count). The molecule has 2 nitrogen and oxygen atoms in total. The van der Waals surface area contributed by atoms with Crippen LogP contribution in [0.2, 0.25) is 0 Å². The predicted molar refractivity (Wildman–Crippen MR) is 63.0 cm³/mol. The molecule has 0 unspecified atom stereocenters. The van der Waals surface area contributed by atoms with Crippen molar-refractivity contribution in [3.05, 3.63) is 36.0 Å². The van der Waals surface area contributed by atoms with Gasteiger partial charge in [0, 0.05) is 17.3 Å². The van der Waals surface area contributed by atoms with Crippen LogP contribution in [0.4, 0.5) is 0 Å². The third kappa shape index (κ3) is 1.55. The second-order valence-electron chi connectivity index (χ2n) is 4.61. The van der Waals surface area contributed by atoms with Gasteiger partial charge in [0.2, 0.25) is 0 Å². The first-order valence-corrected chi connectivity index (χ1v) is 5.56. The first-order chi connectivity index (χ1) is 7.31. The monoisotopic (exact) mass is 200 g/mol. The molecule has 1 aromatic heterocycles. The number of fused-ring (bicyclic) bond motifs is 1. The molecule has 1 aromatic carbocycles. The molecule has 0 saturated heterocycles. The zero-order chi connectivity index (χ0) is 10.3. The lowest BCUT2D eigenvalue weighted by Crippen LogP contribution is -2.29. The minimum Gasteiger partial charge on any atom is -0.361 e. The van der Waals surface area contributed by atoms with Crippen molar-refractivity contribution < 1.29 is 0 Å². The highest BCUT2D eigenvalue weighted by atomic mass is 15.0. The summed E-state index contributed by atoms with van der Waals surface area (Å²) in [6.07, 6.45) is 5.79. The summed E-state index contributed by atoms with van der Waals surface area (Å²) in [5, 5.41) is 4.75. The van der Waals surface area contributed by atoms with Crippen LogP contribution < -0.4 is 5.32 Å². The lowest BCUT2D eigenvalue weighted by Gasteiger charge is -2.13. The van der Waals surface area contributed by atoms with Crippen molar-refractivity contribution in [2.24, 2.45) is 0 Å². The van der Waals surface area contributed by atoms with E-state index < -0.39 is 0 Å². The van der Waals surface area contributed by atoms with E-state index >= 15 is 0 Å². The number of aromatic nitrogens is 1. The van der Waals surface area contributed by atoms with Crippen LogP contribution in [-0.4, -0.2) is 17.6 Å². The zero-order valence-corrected chi connectivity index (χ0v) is 9.01. The largest absolute Gasteiger partial charge is 0.361 e. The maximum Gasteiger partial charge on any atom is 0.0454 e. The second-order valence-corrected chi connectivity index (χ2v) is 4.61. The summed E-state index contributed by atoms with van der Waals surface area (Å²) in [6, 6.07) is 8.84. The van der Waals surface area contributed by atoms with Crippen LogP contribution in [0, 0.1) is 0 Å². The Balaban J connectivity index is 1.91. The van der Waals surface area contributed by atoms with Crippen molar-refractivity contribution >= 4 is 10.9 Å².